The number of nitrogens with two attached hydrogens (primary N) is 1. The van der Waals surface area contributed by atoms with E-state index in [1.54, 1.807) is 0 Å². The zero-order valence-electron chi connectivity index (χ0n) is 7.93. The molecule has 14 heavy (non-hydrogen) atoms. The summed E-state index contributed by atoms with van der Waals surface area (Å²) in [6, 6.07) is 0. The van der Waals surface area contributed by atoms with E-state index in [0.29, 0.717) is 0 Å². The average molecular weight is 243 g/mol. The van der Waals surface area contributed by atoms with Gasteiger partial charge >= 0.3 is 0 Å². The molecule has 0 spiro atoms. The van der Waals surface area contributed by atoms with E-state index in [0.717, 1.165) is 0 Å². The normalized spacial score (nSPS) is 13.1. The highest BCUT2D eigenvalue weighted by Crippen LogP contribution is 2.11. The van der Waals surface area contributed by atoms with Crippen LogP contribution in [0, 0.1) is 0 Å². The quantitative estimate of drug-likeness (QED) is 0.642. The van der Waals surface area contributed by atoms with Crippen LogP contribution < -0.4 is 5.73 Å². The van der Waals surface area contributed by atoms with Crippen molar-refractivity contribution in [1.82, 2.24) is 0 Å². The van der Waals surface area contributed by atoms with Gasteiger partial charge in [-0.1, -0.05) is 13.8 Å². The second kappa shape index (κ2) is 4.26. The van der Waals surface area contributed by atoms with Crippen LogP contribution >= 0.6 is 0 Å². The molecule has 0 bridgehead atoms. The predicted octanol–water partition coefficient (Wildman–Crippen LogP) is -1.33. The van der Waals surface area contributed by atoms with Crippen molar-refractivity contribution < 1.29 is 21.6 Å². The van der Waals surface area contributed by atoms with Gasteiger partial charge in [0.05, 0.1) is 0 Å². The maximum atomic E-state index is 11.3. The highest BCUT2D eigenvalue weighted by atomic mass is 32.3. The first-order valence-electron chi connectivity index (χ1n) is 3.91. The Morgan fingerprint density at radius 3 is 1.50 bits per heavy atom. The fraction of sp³-hybridized carbons (Fsp3) is 0.833. The second-order valence-corrected chi connectivity index (χ2v) is 7.68. The van der Waals surface area contributed by atoms with Crippen molar-refractivity contribution in [2.24, 2.45) is 5.73 Å². The van der Waals surface area contributed by atoms with Crippen LogP contribution in [0.25, 0.3) is 0 Å². The third-order valence-corrected chi connectivity index (χ3v) is 6.83. The van der Waals surface area contributed by atoms with Crippen LogP contribution in [-0.4, -0.2) is 38.8 Å². The van der Waals surface area contributed by atoms with Crippen molar-refractivity contribution in [3.8, 4) is 0 Å². The molecular formula is C6H13NO5S2. The molecule has 8 heteroatoms. The highest BCUT2D eigenvalue weighted by Gasteiger charge is 2.40. The van der Waals surface area contributed by atoms with Crippen LogP contribution in [0.3, 0.4) is 0 Å². The van der Waals surface area contributed by atoms with Crippen LogP contribution in [-0.2, 0) is 24.5 Å². The van der Waals surface area contributed by atoms with Gasteiger partial charge in [-0.3, -0.25) is 4.79 Å². The van der Waals surface area contributed by atoms with E-state index >= 15 is 0 Å². The van der Waals surface area contributed by atoms with Crippen LogP contribution in [0.4, 0.5) is 0 Å². The molecule has 0 rings (SSSR count). The first-order chi connectivity index (χ1) is 6.19. The Bertz CT molecular complexity index is 374. The van der Waals surface area contributed by atoms with E-state index in [4.69, 9.17) is 5.73 Å². The van der Waals surface area contributed by atoms with Gasteiger partial charge < -0.3 is 5.73 Å². The third kappa shape index (κ3) is 2.68. The Labute approximate surface area is 83.3 Å². The summed E-state index contributed by atoms with van der Waals surface area (Å²) < 4.78 is 43.0. The summed E-state index contributed by atoms with van der Waals surface area (Å²) in [7, 11) is -7.98. The van der Waals surface area contributed by atoms with Gasteiger partial charge in [-0.25, -0.2) is 16.8 Å². The minimum Gasteiger partial charge on any atom is -0.368 e. The number of amides is 1. The molecular weight excluding hydrogens is 230 g/mol. The Balaban J connectivity index is 5.54. The van der Waals surface area contributed by atoms with Gasteiger partial charge in [-0.2, -0.15) is 0 Å². The van der Waals surface area contributed by atoms with E-state index in [1.807, 2.05) is 0 Å². The summed E-state index contributed by atoms with van der Waals surface area (Å²) in [5, 5.41) is 0. The molecule has 0 aliphatic heterocycles. The van der Waals surface area contributed by atoms with Crippen LogP contribution in [0.2, 0.25) is 0 Å². The number of carbonyl (C=O) groups is 1. The van der Waals surface area contributed by atoms with Gasteiger partial charge in [0.1, 0.15) is 0 Å². The molecule has 0 aliphatic carbocycles. The van der Waals surface area contributed by atoms with Crippen molar-refractivity contribution in [2.45, 2.75) is 18.4 Å². The Hall–Kier alpha value is -0.630. The van der Waals surface area contributed by atoms with Crippen molar-refractivity contribution >= 4 is 25.6 Å². The number of hydrogen-bond acceptors (Lipinski definition) is 5. The maximum Gasteiger partial charge on any atom is 0.251 e. The van der Waals surface area contributed by atoms with E-state index < -0.39 is 41.7 Å². The monoisotopic (exact) mass is 243 g/mol. The van der Waals surface area contributed by atoms with E-state index in [9.17, 15) is 21.6 Å². The van der Waals surface area contributed by atoms with E-state index in [2.05, 4.69) is 0 Å². The lowest BCUT2D eigenvalue weighted by Gasteiger charge is -2.12. The SMILES string of the molecule is CCS(=O)(=O)C(C(N)=O)S(=O)(=O)CC. The molecule has 0 aliphatic rings. The first-order valence-corrected chi connectivity index (χ1v) is 7.34. The molecule has 0 aromatic rings. The lowest BCUT2D eigenvalue weighted by Crippen LogP contribution is -2.43. The Morgan fingerprint density at radius 2 is 1.36 bits per heavy atom. The van der Waals surface area contributed by atoms with Gasteiger partial charge in [0.25, 0.3) is 5.91 Å². The van der Waals surface area contributed by atoms with Crippen LogP contribution in [0.1, 0.15) is 13.8 Å². The topological polar surface area (TPSA) is 111 Å². The molecule has 0 heterocycles. The number of hydrogen-bond donors (Lipinski definition) is 1. The summed E-state index contributed by atoms with van der Waals surface area (Å²) in [6.45, 7) is 2.52. The molecule has 2 N–H and O–H groups in total. The minimum absolute atomic E-state index is 0.431. The fourth-order valence-electron chi connectivity index (χ4n) is 0.880. The minimum atomic E-state index is -3.99. The summed E-state index contributed by atoms with van der Waals surface area (Å²) >= 11 is 0. The lowest BCUT2D eigenvalue weighted by molar-refractivity contribution is -0.116. The molecule has 0 unspecified atom stereocenters. The molecule has 84 valence electrons. The first kappa shape index (κ1) is 13.4. The Morgan fingerprint density at radius 1 is 1.07 bits per heavy atom. The van der Waals surface area contributed by atoms with Crippen LogP contribution in [0.15, 0.2) is 0 Å². The number of primary amides is 1. The van der Waals surface area contributed by atoms with Crippen molar-refractivity contribution in [1.29, 1.82) is 0 Å². The molecule has 1 amide bonds. The lowest BCUT2D eigenvalue weighted by atomic mass is 10.7. The largest absolute Gasteiger partial charge is 0.368 e. The second-order valence-electron chi connectivity index (χ2n) is 2.64. The zero-order chi connectivity index (χ0) is 11.6. The summed E-state index contributed by atoms with van der Waals surface area (Å²) in [5.41, 5.74) is 4.76. The summed E-state index contributed by atoms with van der Waals surface area (Å²) in [6.07, 6.45) is 0. The van der Waals surface area contributed by atoms with Gasteiger partial charge in [-0.05, 0) is 0 Å². The predicted molar refractivity (Wildman–Crippen MR) is 51.9 cm³/mol. The average Bonchev–Trinajstić information content (AvgIpc) is 2.02. The Kier molecular flexibility index (Phi) is 4.07. The highest BCUT2D eigenvalue weighted by molar-refractivity contribution is 8.10. The standard InChI is InChI=1S/C6H13NO5S2/c1-3-13(9,10)6(5(7)8)14(11,12)4-2/h6H,3-4H2,1-2H3,(H2,7,8). The molecule has 0 fully saturated rings. The van der Waals surface area contributed by atoms with E-state index in [1.165, 1.54) is 13.8 Å². The summed E-state index contributed by atoms with van der Waals surface area (Å²) in [5.74, 6) is -2.20. The van der Waals surface area contributed by atoms with Gasteiger partial charge in [0, 0.05) is 11.5 Å². The van der Waals surface area contributed by atoms with Crippen molar-refractivity contribution in [2.75, 3.05) is 11.5 Å². The molecule has 0 aromatic heterocycles. The van der Waals surface area contributed by atoms with Crippen molar-refractivity contribution in [3.63, 3.8) is 0 Å². The van der Waals surface area contributed by atoms with Gasteiger partial charge in [-0.15, -0.1) is 0 Å². The fourth-order valence-corrected chi connectivity index (χ4v) is 4.80. The van der Waals surface area contributed by atoms with E-state index in [-0.39, 0.29) is 0 Å². The molecule has 6 nitrogen and oxygen atoms in total. The summed E-state index contributed by atoms with van der Waals surface area (Å²) in [4.78, 5) is 10.8. The molecule has 0 radical (unpaired) electrons. The number of rotatable bonds is 5. The van der Waals surface area contributed by atoms with Crippen LogP contribution in [0.5, 0.6) is 0 Å². The smallest absolute Gasteiger partial charge is 0.251 e. The number of carbonyl (C=O) groups excluding carboxylic acids is 1. The van der Waals surface area contributed by atoms with Gasteiger partial charge in [0.15, 0.2) is 19.7 Å². The molecule has 0 aromatic carbocycles. The molecule has 0 saturated carbocycles. The maximum absolute atomic E-state index is 11.3. The van der Waals surface area contributed by atoms with Crippen molar-refractivity contribution in [3.05, 3.63) is 0 Å². The zero-order valence-corrected chi connectivity index (χ0v) is 9.56. The molecule has 0 atom stereocenters. The number of sulfone groups is 2. The van der Waals surface area contributed by atoms with Gasteiger partial charge in [0.2, 0.25) is 4.58 Å². The molecule has 0 saturated heterocycles. The third-order valence-electron chi connectivity index (χ3n) is 1.69.